The molecule has 1 atom stereocenters. The Kier molecular flexibility index (Phi) is 5.11. The van der Waals surface area contributed by atoms with Crippen LogP contribution >= 0.6 is 23.2 Å². The number of halogens is 2. The van der Waals surface area contributed by atoms with Crippen LogP contribution in [0.2, 0.25) is 10.0 Å². The Balaban J connectivity index is 1.44. The van der Waals surface area contributed by atoms with Gasteiger partial charge in [-0.1, -0.05) is 23.2 Å². The Hall–Kier alpha value is -0.970. The number of ether oxygens (including phenoxy) is 1. The minimum absolute atomic E-state index is 0.0182. The van der Waals surface area contributed by atoms with Crippen molar-refractivity contribution in [1.29, 1.82) is 0 Å². The van der Waals surface area contributed by atoms with Crippen molar-refractivity contribution in [3.8, 4) is 5.75 Å². The summed E-state index contributed by atoms with van der Waals surface area (Å²) in [6, 6.07) is 5.24. The molecule has 1 N–H and O–H groups in total. The molecule has 3 rings (SSSR count). The maximum atomic E-state index is 12.1. The van der Waals surface area contributed by atoms with Gasteiger partial charge in [0.2, 0.25) is 5.91 Å². The molecule has 2 fully saturated rings. The molecule has 0 spiro atoms. The van der Waals surface area contributed by atoms with E-state index in [1.807, 2.05) is 4.90 Å². The number of rotatable bonds is 6. The first kappa shape index (κ1) is 15.9. The van der Waals surface area contributed by atoms with Gasteiger partial charge in [0.05, 0.1) is 23.1 Å². The molecule has 1 saturated carbocycles. The van der Waals surface area contributed by atoms with Gasteiger partial charge in [-0.3, -0.25) is 4.79 Å². The topological polar surface area (TPSA) is 41.6 Å². The van der Waals surface area contributed by atoms with Gasteiger partial charge in [-0.15, -0.1) is 0 Å². The Morgan fingerprint density at radius 3 is 2.82 bits per heavy atom. The lowest BCUT2D eigenvalue weighted by Gasteiger charge is -2.18. The van der Waals surface area contributed by atoms with Crippen LogP contribution in [0.4, 0.5) is 0 Å². The van der Waals surface area contributed by atoms with Crippen LogP contribution in [0.3, 0.4) is 0 Å². The highest BCUT2D eigenvalue weighted by atomic mass is 35.5. The summed E-state index contributed by atoms with van der Waals surface area (Å²) in [6.45, 7) is 2.76. The molecule has 1 aromatic rings. The fourth-order valence-electron chi connectivity index (χ4n) is 2.61. The molecule has 1 aliphatic heterocycles. The Morgan fingerprint density at radius 2 is 2.09 bits per heavy atom. The predicted octanol–water partition coefficient (Wildman–Crippen LogP) is 2.97. The van der Waals surface area contributed by atoms with E-state index in [2.05, 4.69) is 5.32 Å². The van der Waals surface area contributed by atoms with E-state index >= 15 is 0 Å². The van der Waals surface area contributed by atoms with Crippen molar-refractivity contribution in [2.24, 2.45) is 5.92 Å². The van der Waals surface area contributed by atoms with Crippen LogP contribution in [-0.2, 0) is 4.79 Å². The van der Waals surface area contributed by atoms with Gasteiger partial charge in [-0.25, -0.2) is 0 Å². The summed E-state index contributed by atoms with van der Waals surface area (Å²) in [7, 11) is 0. The summed E-state index contributed by atoms with van der Waals surface area (Å²) in [5.74, 6) is 1.64. The number of carbonyl (C=O) groups excluding carboxylic acids is 1. The van der Waals surface area contributed by atoms with Crippen LogP contribution in [0.5, 0.6) is 5.75 Å². The summed E-state index contributed by atoms with van der Waals surface area (Å²) in [5.41, 5.74) is 0. The number of hydrogen-bond donors (Lipinski definition) is 1. The standard InChI is InChI=1S/C16H20Cl2N2O2/c17-14-4-3-12(7-15(14)18)22-13-5-6-20(10-13)16(21)9-19-8-11-1-2-11/h3-4,7,11,13,19H,1-2,5-6,8-10H2. The summed E-state index contributed by atoms with van der Waals surface area (Å²) in [5, 5.41) is 4.23. The zero-order valence-electron chi connectivity index (χ0n) is 12.4. The van der Waals surface area contributed by atoms with Crippen molar-refractivity contribution < 1.29 is 9.53 Å². The van der Waals surface area contributed by atoms with E-state index < -0.39 is 0 Å². The zero-order chi connectivity index (χ0) is 15.5. The summed E-state index contributed by atoms with van der Waals surface area (Å²) in [6.07, 6.45) is 3.45. The minimum Gasteiger partial charge on any atom is -0.488 e. The fraction of sp³-hybridized carbons (Fsp3) is 0.562. The molecule has 120 valence electrons. The first-order chi connectivity index (χ1) is 10.6. The van der Waals surface area contributed by atoms with Crippen molar-refractivity contribution in [2.45, 2.75) is 25.4 Å². The zero-order valence-corrected chi connectivity index (χ0v) is 13.9. The Bertz CT molecular complexity index is 549. The molecule has 1 aromatic carbocycles. The predicted molar refractivity (Wildman–Crippen MR) is 87.7 cm³/mol. The average molecular weight is 343 g/mol. The summed E-state index contributed by atoms with van der Waals surface area (Å²) < 4.78 is 5.89. The highest BCUT2D eigenvalue weighted by Gasteiger charge is 2.28. The van der Waals surface area contributed by atoms with Gasteiger partial charge in [-0.2, -0.15) is 0 Å². The number of likely N-dealkylation sites (tertiary alicyclic amines) is 1. The second kappa shape index (κ2) is 7.07. The van der Waals surface area contributed by atoms with Crippen LogP contribution < -0.4 is 10.1 Å². The van der Waals surface area contributed by atoms with E-state index in [1.54, 1.807) is 18.2 Å². The van der Waals surface area contributed by atoms with Crippen molar-refractivity contribution in [3.63, 3.8) is 0 Å². The van der Waals surface area contributed by atoms with Crippen molar-refractivity contribution in [2.75, 3.05) is 26.2 Å². The molecule has 1 aliphatic carbocycles. The van der Waals surface area contributed by atoms with Gasteiger partial charge in [0.1, 0.15) is 11.9 Å². The Labute approximate surface area is 140 Å². The van der Waals surface area contributed by atoms with Gasteiger partial charge < -0.3 is 15.0 Å². The second-order valence-electron chi connectivity index (χ2n) is 6.02. The smallest absolute Gasteiger partial charge is 0.236 e. The van der Waals surface area contributed by atoms with Crippen LogP contribution in [0.15, 0.2) is 18.2 Å². The van der Waals surface area contributed by atoms with E-state index in [0.29, 0.717) is 28.9 Å². The normalized spacial score (nSPS) is 21.2. The lowest BCUT2D eigenvalue weighted by atomic mass is 10.3. The first-order valence-electron chi connectivity index (χ1n) is 7.72. The number of carbonyl (C=O) groups is 1. The van der Waals surface area contributed by atoms with E-state index in [-0.39, 0.29) is 12.0 Å². The SMILES string of the molecule is O=C(CNCC1CC1)N1CCC(Oc2ccc(Cl)c(Cl)c2)C1. The maximum absolute atomic E-state index is 12.1. The molecule has 22 heavy (non-hydrogen) atoms. The summed E-state index contributed by atoms with van der Waals surface area (Å²) in [4.78, 5) is 14.0. The highest BCUT2D eigenvalue weighted by molar-refractivity contribution is 6.42. The second-order valence-corrected chi connectivity index (χ2v) is 6.83. The van der Waals surface area contributed by atoms with Crippen LogP contribution in [0.25, 0.3) is 0 Å². The molecule has 0 bridgehead atoms. The third-order valence-electron chi connectivity index (χ3n) is 4.10. The van der Waals surface area contributed by atoms with Crippen LogP contribution in [-0.4, -0.2) is 43.1 Å². The summed E-state index contributed by atoms with van der Waals surface area (Å²) >= 11 is 11.9. The molecule has 1 amide bonds. The van der Waals surface area contributed by atoms with Crippen LogP contribution in [0, 0.1) is 5.92 Å². The lowest BCUT2D eigenvalue weighted by Crippen LogP contribution is -2.38. The minimum atomic E-state index is 0.0182. The van der Waals surface area contributed by atoms with Crippen LogP contribution in [0.1, 0.15) is 19.3 Å². The molecule has 0 radical (unpaired) electrons. The number of amides is 1. The van der Waals surface area contributed by atoms with Gasteiger partial charge >= 0.3 is 0 Å². The number of nitrogens with zero attached hydrogens (tertiary/aromatic N) is 1. The van der Waals surface area contributed by atoms with Gasteiger partial charge in [0, 0.05) is 19.0 Å². The lowest BCUT2D eigenvalue weighted by molar-refractivity contribution is -0.129. The number of benzene rings is 1. The third-order valence-corrected chi connectivity index (χ3v) is 4.84. The van der Waals surface area contributed by atoms with E-state index in [9.17, 15) is 4.79 Å². The van der Waals surface area contributed by atoms with Crippen molar-refractivity contribution in [1.82, 2.24) is 10.2 Å². The molecule has 4 nitrogen and oxygen atoms in total. The molecule has 1 unspecified atom stereocenters. The molecule has 1 heterocycles. The number of hydrogen-bond acceptors (Lipinski definition) is 3. The monoisotopic (exact) mass is 342 g/mol. The largest absolute Gasteiger partial charge is 0.488 e. The molecule has 0 aromatic heterocycles. The van der Waals surface area contributed by atoms with Crippen molar-refractivity contribution in [3.05, 3.63) is 28.2 Å². The molecule has 1 saturated heterocycles. The first-order valence-corrected chi connectivity index (χ1v) is 8.47. The molecular formula is C16H20Cl2N2O2. The van der Waals surface area contributed by atoms with E-state index in [0.717, 1.165) is 25.4 Å². The highest BCUT2D eigenvalue weighted by Crippen LogP contribution is 2.28. The van der Waals surface area contributed by atoms with Crippen molar-refractivity contribution >= 4 is 29.1 Å². The quantitative estimate of drug-likeness (QED) is 0.863. The Morgan fingerprint density at radius 1 is 1.27 bits per heavy atom. The van der Waals surface area contributed by atoms with E-state index in [4.69, 9.17) is 27.9 Å². The van der Waals surface area contributed by atoms with Gasteiger partial charge in [0.15, 0.2) is 0 Å². The molecular weight excluding hydrogens is 323 g/mol. The molecule has 6 heteroatoms. The fourth-order valence-corrected chi connectivity index (χ4v) is 2.90. The van der Waals surface area contributed by atoms with E-state index in [1.165, 1.54) is 12.8 Å². The number of nitrogens with one attached hydrogen (secondary N) is 1. The average Bonchev–Trinajstić information content (AvgIpc) is 3.20. The third kappa shape index (κ3) is 4.28. The van der Waals surface area contributed by atoms with Gasteiger partial charge in [0.25, 0.3) is 0 Å². The molecule has 2 aliphatic rings. The maximum Gasteiger partial charge on any atom is 0.236 e. The van der Waals surface area contributed by atoms with Gasteiger partial charge in [-0.05, 0) is 37.4 Å².